The number of piperidine rings is 1. The number of aromatic nitrogens is 1. The van der Waals surface area contributed by atoms with Gasteiger partial charge < -0.3 is 24.3 Å². The van der Waals surface area contributed by atoms with E-state index in [1.165, 1.54) is 11.9 Å². The van der Waals surface area contributed by atoms with Gasteiger partial charge in [-0.15, -0.1) is 0 Å². The van der Waals surface area contributed by atoms with Crippen LogP contribution in [0.2, 0.25) is 0 Å². The van der Waals surface area contributed by atoms with Crippen molar-refractivity contribution in [1.29, 1.82) is 0 Å². The van der Waals surface area contributed by atoms with Crippen molar-refractivity contribution >= 4 is 39.1 Å². The Hall–Kier alpha value is -3.83. The van der Waals surface area contributed by atoms with Gasteiger partial charge >= 0.3 is 12.4 Å². The summed E-state index contributed by atoms with van der Waals surface area (Å²) in [7, 11) is 1.44. The molecule has 2 aromatic heterocycles. The highest BCUT2D eigenvalue weighted by Gasteiger charge is 2.63. The number of ether oxygens (including phenoxy) is 1. The second-order valence-electron chi connectivity index (χ2n) is 11.8. The molecule has 2 aromatic carbocycles. The van der Waals surface area contributed by atoms with Crippen molar-refractivity contribution in [3.63, 3.8) is 0 Å². The number of rotatable bonds is 1. The third kappa shape index (κ3) is 3.62. The Morgan fingerprint density at radius 2 is 1.67 bits per heavy atom. The van der Waals surface area contributed by atoms with Crippen molar-refractivity contribution in [2.75, 3.05) is 41.8 Å². The zero-order valence-corrected chi connectivity index (χ0v) is 23.1. The molecule has 7 rings (SSSR count). The average molecular weight is 591 g/mol. The van der Waals surface area contributed by atoms with E-state index in [-0.39, 0.29) is 18.2 Å². The van der Waals surface area contributed by atoms with E-state index in [4.69, 9.17) is 9.15 Å². The van der Waals surface area contributed by atoms with Gasteiger partial charge in [0.05, 0.1) is 34.3 Å². The summed E-state index contributed by atoms with van der Waals surface area (Å²) in [5.74, 6) is -0.0169. The zero-order valence-electron chi connectivity index (χ0n) is 23.1. The van der Waals surface area contributed by atoms with Crippen LogP contribution in [0, 0.1) is 0 Å². The number of para-hydroxylation sites is 1. The van der Waals surface area contributed by atoms with Gasteiger partial charge in [0.15, 0.2) is 5.58 Å². The average Bonchev–Trinajstić information content (AvgIpc) is 3.40. The largest absolute Gasteiger partial charge is 0.463 e. The number of anilines is 3. The van der Waals surface area contributed by atoms with Gasteiger partial charge in [0.2, 0.25) is 5.72 Å². The fourth-order valence-corrected chi connectivity index (χ4v) is 6.99. The van der Waals surface area contributed by atoms with Crippen LogP contribution in [0.5, 0.6) is 5.75 Å². The molecule has 0 amide bonds. The molecule has 4 aromatic rings. The molecule has 1 fully saturated rings. The Labute approximate surface area is 237 Å². The predicted molar refractivity (Wildman–Crippen MR) is 147 cm³/mol. The summed E-state index contributed by atoms with van der Waals surface area (Å²) in [4.78, 5) is 7.26. The van der Waals surface area contributed by atoms with Crippen LogP contribution in [-0.2, 0) is 17.8 Å². The molecule has 1 unspecified atom stereocenters. The monoisotopic (exact) mass is 590 g/mol. The third-order valence-corrected chi connectivity index (χ3v) is 9.13. The molecule has 1 N–H and O–H groups in total. The summed E-state index contributed by atoms with van der Waals surface area (Å²) < 4.78 is 97.3. The van der Waals surface area contributed by atoms with Gasteiger partial charge in [0.25, 0.3) is 0 Å². The maximum Gasteiger partial charge on any atom is 0.433 e. The van der Waals surface area contributed by atoms with Gasteiger partial charge in [-0.05, 0) is 45.2 Å². The van der Waals surface area contributed by atoms with Gasteiger partial charge in [-0.1, -0.05) is 18.2 Å². The number of furan rings is 1. The van der Waals surface area contributed by atoms with Gasteiger partial charge in [0.1, 0.15) is 22.8 Å². The Morgan fingerprint density at radius 1 is 0.952 bits per heavy atom. The maximum atomic E-state index is 14.3. The van der Waals surface area contributed by atoms with E-state index in [1.54, 1.807) is 13.8 Å². The van der Waals surface area contributed by atoms with Crippen LogP contribution in [0.3, 0.4) is 0 Å². The summed E-state index contributed by atoms with van der Waals surface area (Å²) in [6.45, 7) is 4.71. The van der Waals surface area contributed by atoms with Crippen LogP contribution in [-0.4, -0.2) is 37.4 Å². The maximum absolute atomic E-state index is 14.3. The van der Waals surface area contributed by atoms with Crippen molar-refractivity contribution in [3.8, 4) is 5.75 Å². The quantitative estimate of drug-likeness (QED) is 0.227. The second-order valence-corrected chi connectivity index (χ2v) is 11.8. The van der Waals surface area contributed by atoms with Crippen LogP contribution in [0.25, 0.3) is 21.9 Å². The third-order valence-electron chi connectivity index (χ3n) is 9.13. The molecule has 1 saturated heterocycles. The topological polar surface area (TPSA) is 53.8 Å². The molecule has 3 aliphatic rings. The highest BCUT2D eigenvalue weighted by molar-refractivity contribution is 6.16. The van der Waals surface area contributed by atoms with Crippen molar-refractivity contribution in [1.82, 2.24) is 4.98 Å². The Balaban J connectivity index is 1.44. The lowest BCUT2D eigenvalue weighted by atomic mass is 9.75. The van der Waals surface area contributed by atoms with E-state index >= 15 is 0 Å². The number of pyridine rings is 1. The number of fused-ring (bicyclic) bond motifs is 6. The first-order chi connectivity index (χ1) is 19.7. The van der Waals surface area contributed by atoms with Crippen LogP contribution in [0.4, 0.5) is 43.5 Å². The van der Waals surface area contributed by atoms with Crippen LogP contribution in [0.1, 0.15) is 49.9 Å². The molecule has 42 heavy (non-hydrogen) atoms. The first kappa shape index (κ1) is 27.0. The predicted octanol–water partition coefficient (Wildman–Crippen LogP) is 7.94. The molecule has 0 aliphatic carbocycles. The molecule has 1 atom stereocenters. The standard InChI is InChI=1S/C30H28F6N4O2/c1-27(2)23-17(29(31,32)33)13-21(30(34,35)36)38-26(23)39(3)28(27)15-37-24-20(42-28)14-18(40-11-7-4-8-12-40)25-22(24)16-9-5-6-10-19(16)41-25/h5-6,9-10,13-14,37H,4,7-8,11-12,15H2,1-3H3. The number of likely N-dealkylation sites (N-methyl/N-ethyl adjacent to an activating group) is 1. The molecule has 0 radical (unpaired) electrons. The van der Waals surface area contributed by atoms with Crippen molar-refractivity contribution in [2.45, 2.75) is 56.6 Å². The lowest BCUT2D eigenvalue weighted by Gasteiger charge is -2.48. The van der Waals surface area contributed by atoms with E-state index in [9.17, 15) is 26.3 Å². The zero-order chi connectivity index (χ0) is 29.8. The Bertz CT molecular complexity index is 1740. The van der Waals surface area contributed by atoms with E-state index < -0.39 is 40.6 Å². The highest BCUT2D eigenvalue weighted by Crippen LogP contribution is 2.58. The molecule has 222 valence electrons. The number of hydrogen-bond donors (Lipinski definition) is 1. The van der Waals surface area contributed by atoms with Crippen molar-refractivity contribution in [2.24, 2.45) is 0 Å². The summed E-state index contributed by atoms with van der Waals surface area (Å²) in [6, 6.07) is 9.53. The van der Waals surface area contributed by atoms with Crippen LogP contribution in [0.15, 0.2) is 40.8 Å². The number of halogens is 6. The van der Waals surface area contributed by atoms with E-state index in [1.807, 2.05) is 30.3 Å². The molecule has 6 nitrogen and oxygen atoms in total. The van der Waals surface area contributed by atoms with E-state index in [0.717, 1.165) is 48.8 Å². The Morgan fingerprint density at radius 3 is 2.36 bits per heavy atom. The molecular weight excluding hydrogens is 562 g/mol. The van der Waals surface area contributed by atoms with Crippen LogP contribution < -0.4 is 19.9 Å². The fourth-order valence-electron chi connectivity index (χ4n) is 6.99. The second kappa shape index (κ2) is 8.61. The van der Waals surface area contributed by atoms with E-state index in [0.29, 0.717) is 22.6 Å². The van der Waals surface area contributed by atoms with Crippen molar-refractivity contribution < 1.29 is 35.5 Å². The summed E-state index contributed by atoms with van der Waals surface area (Å²) in [6.07, 6.45) is -7.00. The van der Waals surface area contributed by atoms with E-state index in [2.05, 4.69) is 15.2 Å². The molecule has 0 bridgehead atoms. The number of alkyl halides is 6. The first-order valence-corrected chi connectivity index (χ1v) is 13.8. The van der Waals surface area contributed by atoms with Gasteiger partial charge in [-0.25, -0.2) is 4.98 Å². The smallest absolute Gasteiger partial charge is 0.433 e. The summed E-state index contributed by atoms with van der Waals surface area (Å²) >= 11 is 0. The highest BCUT2D eigenvalue weighted by atomic mass is 19.4. The lowest BCUT2D eigenvalue weighted by Crippen LogP contribution is -2.64. The lowest BCUT2D eigenvalue weighted by molar-refractivity contribution is -0.146. The molecule has 0 saturated carbocycles. The minimum absolute atomic E-state index is 0.0177. The molecule has 1 spiro atoms. The number of nitrogens with zero attached hydrogens (tertiary/aromatic N) is 3. The SMILES string of the molecule is CN1c2nc(C(F)(F)F)cc(C(F)(F)F)c2C(C)(C)C12CNc1c(cc(N3CCCCC3)c3oc4ccccc4c13)O2. The van der Waals surface area contributed by atoms with Gasteiger partial charge in [0, 0.05) is 37.2 Å². The van der Waals surface area contributed by atoms with Crippen LogP contribution >= 0.6 is 0 Å². The Kier molecular flexibility index (Phi) is 5.54. The van der Waals surface area contributed by atoms with Gasteiger partial charge in [-0.2, -0.15) is 26.3 Å². The van der Waals surface area contributed by atoms with Gasteiger partial charge in [-0.3, -0.25) is 0 Å². The normalized spacial score (nSPS) is 21.9. The molecule has 12 heteroatoms. The molecular formula is C30H28F6N4O2. The fraction of sp³-hybridized carbons (Fsp3) is 0.433. The summed E-state index contributed by atoms with van der Waals surface area (Å²) in [5, 5.41) is 5.04. The number of benzene rings is 2. The molecule has 5 heterocycles. The first-order valence-electron chi connectivity index (χ1n) is 13.8. The van der Waals surface area contributed by atoms with Crippen molar-refractivity contribution in [3.05, 3.63) is 53.2 Å². The minimum atomic E-state index is -5.06. The minimum Gasteiger partial charge on any atom is -0.463 e. The number of hydrogen-bond acceptors (Lipinski definition) is 6. The summed E-state index contributed by atoms with van der Waals surface area (Å²) in [5.41, 5.74) is -3.45. The molecule has 3 aliphatic heterocycles. The number of nitrogens with one attached hydrogen (secondary N) is 1.